The van der Waals surface area contributed by atoms with Crippen LogP contribution in [-0.4, -0.2) is 0 Å². The van der Waals surface area contributed by atoms with Crippen molar-refractivity contribution < 1.29 is 0 Å². The van der Waals surface area contributed by atoms with E-state index in [-0.39, 0.29) is 5.54 Å². The third-order valence-corrected chi connectivity index (χ3v) is 4.32. The summed E-state index contributed by atoms with van der Waals surface area (Å²) in [4.78, 5) is 0. The van der Waals surface area contributed by atoms with Gasteiger partial charge in [0.25, 0.3) is 0 Å². The standard InChI is InChI=1S/C19H33N/c1-4-6-7-8-9-10-11-16-19(3,20)18-14-12-17(5-2)13-15-18/h12-15H,4-11,16,20H2,1-3H3. The topological polar surface area (TPSA) is 26.0 Å². The highest BCUT2D eigenvalue weighted by atomic mass is 14.7. The van der Waals surface area contributed by atoms with E-state index in [0.29, 0.717) is 0 Å². The second-order valence-corrected chi connectivity index (χ2v) is 6.34. The molecular formula is C19H33N. The summed E-state index contributed by atoms with van der Waals surface area (Å²) < 4.78 is 0. The van der Waals surface area contributed by atoms with Crippen LogP contribution in [0.25, 0.3) is 0 Å². The molecule has 114 valence electrons. The van der Waals surface area contributed by atoms with Gasteiger partial charge < -0.3 is 5.73 Å². The van der Waals surface area contributed by atoms with Crippen LogP contribution in [-0.2, 0) is 12.0 Å². The Kier molecular flexibility index (Phi) is 7.91. The van der Waals surface area contributed by atoms with Gasteiger partial charge in [0.05, 0.1) is 0 Å². The predicted octanol–water partition coefficient (Wildman–Crippen LogP) is 5.56. The second kappa shape index (κ2) is 9.18. The van der Waals surface area contributed by atoms with Gasteiger partial charge in [-0.05, 0) is 30.9 Å². The molecule has 1 unspecified atom stereocenters. The van der Waals surface area contributed by atoms with Crippen LogP contribution >= 0.6 is 0 Å². The highest BCUT2D eigenvalue weighted by molar-refractivity contribution is 5.27. The summed E-state index contributed by atoms with van der Waals surface area (Å²) in [5.41, 5.74) is 8.99. The highest BCUT2D eigenvalue weighted by Crippen LogP contribution is 2.25. The van der Waals surface area contributed by atoms with Crippen molar-refractivity contribution in [1.82, 2.24) is 0 Å². The lowest BCUT2D eigenvalue weighted by molar-refractivity contribution is 0.421. The van der Waals surface area contributed by atoms with Gasteiger partial charge in [0.15, 0.2) is 0 Å². The van der Waals surface area contributed by atoms with Gasteiger partial charge in [0, 0.05) is 5.54 Å². The van der Waals surface area contributed by atoms with Gasteiger partial charge in [-0.3, -0.25) is 0 Å². The maximum absolute atomic E-state index is 6.49. The number of hydrogen-bond acceptors (Lipinski definition) is 1. The Hall–Kier alpha value is -0.820. The number of nitrogens with two attached hydrogens (primary N) is 1. The Morgan fingerprint density at radius 3 is 1.95 bits per heavy atom. The summed E-state index contributed by atoms with van der Waals surface area (Å²) in [5.74, 6) is 0. The first-order valence-corrected chi connectivity index (χ1v) is 8.48. The van der Waals surface area contributed by atoms with E-state index in [0.717, 1.165) is 12.8 Å². The number of aryl methyl sites for hydroxylation is 1. The summed E-state index contributed by atoms with van der Waals surface area (Å²) in [6.07, 6.45) is 11.6. The molecule has 0 aliphatic rings. The number of rotatable bonds is 10. The Morgan fingerprint density at radius 1 is 0.850 bits per heavy atom. The molecule has 0 spiro atoms. The zero-order chi connectivity index (χ0) is 14.8. The molecule has 0 bridgehead atoms. The molecule has 0 aromatic heterocycles. The summed E-state index contributed by atoms with van der Waals surface area (Å²) in [5, 5.41) is 0. The Labute approximate surface area is 126 Å². The van der Waals surface area contributed by atoms with Crippen LogP contribution in [0.1, 0.15) is 83.3 Å². The predicted molar refractivity (Wildman–Crippen MR) is 90.0 cm³/mol. The first-order chi connectivity index (χ1) is 9.60. The minimum atomic E-state index is -0.171. The molecule has 1 nitrogen and oxygen atoms in total. The fourth-order valence-electron chi connectivity index (χ4n) is 2.71. The lowest BCUT2D eigenvalue weighted by Gasteiger charge is -2.25. The molecule has 1 rings (SSSR count). The van der Waals surface area contributed by atoms with E-state index in [2.05, 4.69) is 45.0 Å². The monoisotopic (exact) mass is 275 g/mol. The molecule has 0 aliphatic carbocycles. The fourth-order valence-corrected chi connectivity index (χ4v) is 2.71. The molecule has 0 fully saturated rings. The van der Waals surface area contributed by atoms with Gasteiger partial charge in [-0.25, -0.2) is 0 Å². The van der Waals surface area contributed by atoms with Crippen LogP contribution in [0.3, 0.4) is 0 Å². The van der Waals surface area contributed by atoms with Gasteiger partial charge in [-0.2, -0.15) is 0 Å². The molecule has 20 heavy (non-hydrogen) atoms. The van der Waals surface area contributed by atoms with Crippen LogP contribution in [0.15, 0.2) is 24.3 Å². The largest absolute Gasteiger partial charge is 0.322 e. The molecule has 0 aliphatic heterocycles. The molecule has 0 saturated heterocycles. The molecule has 0 heterocycles. The SMILES string of the molecule is CCCCCCCCCC(C)(N)c1ccc(CC)cc1. The molecule has 0 radical (unpaired) electrons. The molecule has 0 amide bonds. The van der Waals surface area contributed by atoms with Gasteiger partial charge >= 0.3 is 0 Å². The van der Waals surface area contributed by atoms with E-state index >= 15 is 0 Å². The fraction of sp³-hybridized carbons (Fsp3) is 0.684. The number of hydrogen-bond donors (Lipinski definition) is 1. The Morgan fingerprint density at radius 2 is 1.40 bits per heavy atom. The van der Waals surface area contributed by atoms with E-state index in [9.17, 15) is 0 Å². The first-order valence-electron chi connectivity index (χ1n) is 8.48. The van der Waals surface area contributed by atoms with Gasteiger partial charge in [-0.1, -0.05) is 83.1 Å². The molecule has 1 atom stereocenters. The second-order valence-electron chi connectivity index (χ2n) is 6.34. The highest BCUT2D eigenvalue weighted by Gasteiger charge is 2.20. The van der Waals surface area contributed by atoms with Crippen molar-refractivity contribution in [3.05, 3.63) is 35.4 Å². The van der Waals surface area contributed by atoms with Crippen LogP contribution in [0, 0.1) is 0 Å². The van der Waals surface area contributed by atoms with Crippen LogP contribution < -0.4 is 5.73 Å². The zero-order valence-corrected chi connectivity index (χ0v) is 13.8. The van der Waals surface area contributed by atoms with Crippen LogP contribution in [0.5, 0.6) is 0 Å². The van der Waals surface area contributed by atoms with E-state index in [4.69, 9.17) is 5.73 Å². The first kappa shape index (κ1) is 17.2. The lowest BCUT2D eigenvalue weighted by atomic mass is 9.87. The van der Waals surface area contributed by atoms with E-state index < -0.39 is 0 Å². The summed E-state index contributed by atoms with van der Waals surface area (Å²) >= 11 is 0. The maximum Gasteiger partial charge on any atom is 0.0381 e. The van der Waals surface area contributed by atoms with Crippen molar-refractivity contribution in [2.24, 2.45) is 5.73 Å². The molecular weight excluding hydrogens is 242 g/mol. The third-order valence-electron chi connectivity index (χ3n) is 4.32. The molecule has 2 N–H and O–H groups in total. The van der Waals surface area contributed by atoms with Crippen LogP contribution in [0.2, 0.25) is 0 Å². The summed E-state index contributed by atoms with van der Waals surface area (Å²) in [6.45, 7) is 6.63. The summed E-state index contributed by atoms with van der Waals surface area (Å²) in [7, 11) is 0. The minimum Gasteiger partial charge on any atom is -0.322 e. The van der Waals surface area contributed by atoms with Crippen molar-refractivity contribution in [2.75, 3.05) is 0 Å². The van der Waals surface area contributed by atoms with E-state index in [1.165, 1.54) is 56.1 Å². The number of unbranched alkanes of at least 4 members (excludes halogenated alkanes) is 6. The van der Waals surface area contributed by atoms with E-state index in [1.54, 1.807) is 0 Å². The third kappa shape index (κ3) is 6.09. The number of benzene rings is 1. The van der Waals surface area contributed by atoms with Crippen molar-refractivity contribution in [2.45, 2.75) is 84.1 Å². The quantitative estimate of drug-likeness (QED) is 0.555. The van der Waals surface area contributed by atoms with Crippen molar-refractivity contribution in [1.29, 1.82) is 0 Å². The van der Waals surface area contributed by atoms with Crippen molar-refractivity contribution in [3.63, 3.8) is 0 Å². The van der Waals surface area contributed by atoms with Gasteiger partial charge in [0.1, 0.15) is 0 Å². The summed E-state index contributed by atoms with van der Waals surface area (Å²) in [6, 6.07) is 8.84. The average molecular weight is 275 g/mol. The van der Waals surface area contributed by atoms with Gasteiger partial charge in [-0.15, -0.1) is 0 Å². The minimum absolute atomic E-state index is 0.171. The lowest BCUT2D eigenvalue weighted by Crippen LogP contribution is -2.32. The molecule has 1 aromatic rings. The Bertz CT molecular complexity index is 351. The van der Waals surface area contributed by atoms with E-state index in [1.807, 2.05) is 0 Å². The average Bonchev–Trinajstić information content (AvgIpc) is 2.46. The zero-order valence-electron chi connectivity index (χ0n) is 13.8. The van der Waals surface area contributed by atoms with Crippen molar-refractivity contribution in [3.8, 4) is 0 Å². The van der Waals surface area contributed by atoms with Crippen molar-refractivity contribution >= 4 is 0 Å². The smallest absolute Gasteiger partial charge is 0.0381 e. The molecule has 1 aromatic carbocycles. The Balaban J connectivity index is 2.29. The molecule has 0 saturated carbocycles. The van der Waals surface area contributed by atoms with Gasteiger partial charge in [0.2, 0.25) is 0 Å². The molecule has 1 heteroatoms. The van der Waals surface area contributed by atoms with Crippen LogP contribution in [0.4, 0.5) is 0 Å². The maximum atomic E-state index is 6.49. The normalized spacial score (nSPS) is 14.2.